The highest BCUT2D eigenvalue weighted by Gasteiger charge is 2.35. The summed E-state index contributed by atoms with van der Waals surface area (Å²) in [7, 11) is 3.17. The monoisotopic (exact) mass is 398 g/mol. The number of benzene rings is 2. The Morgan fingerprint density at radius 1 is 0.897 bits per heavy atom. The summed E-state index contributed by atoms with van der Waals surface area (Å²) in [5.41, 5.74) is 1.68. The second kappa shape index (κ2) is 9.96. The van der Waals surface area contributed by atoms with E-state index in [2.05, 4.69) is 17.6 Å². The number of rotatable bonds is 9. The SMILES string of the molecule is CCc1ccc(NC(=O)C(C)(C)C(=O)NCCc2ccc(OC)c(OC)c2)cc1. The minimum atomic E-state index is -1.19. The van der Waals surface area contributed by atoms with Crippen molar-refractivity contribution >= 4 is 17.5 Å². The van der Waals surface area contributed by atoms with Gasteiger partial charge in [0.15, 0.2) is 11.5 Å². The molecule has 2 rings (SSSR count). The van der Waals surface area contributed by atoms with Crippen LogP contribution in [0.3, 0.4) is 0 Å². The Bertz CT molecular complexity index is 844. The topological polar surface area (TPSA) is 76.7 Å². The molecule has 0 aliphatic carbocycles. The molecule has 0 atom stereocenters. The first kappa shape index (κ1) is 22.3. The van der Waals surface area contributed by atoms with Crippen LogP contribution in [0, 0.1) is 5.41 Å². The van der Waals surface area contributed by atoms with Crippen LogP contribution in [-0.4, -0.2) is 32.6 Å². The number of amides is 2. The van der Waals surface area contributed by atoms with Gasteiger partial charge in [-0.3, -0.25) is 9.59 Å². The smallest absolute Gasteiger partial charge is 0.239 e. The minimum absolute atomic E-state index is 0.319. The van der Waals surface area contributed by atoms with Crippen LogP contribution in [0.4, 0.5) is 5.69 Å². The van der Waals surface area contributed by atoms with Crippen molar-refractivity contribution in [3.8, 4) is 11.5 Å². The molecule has 0 aliphatic rings. The molecule has 6 heteroatoms. The van der Waals surface area contributed by atoms with Crippen molar-refractivity contribution in [3.63, 3.8) is 0 Å². The molecule has 2 aromatic rings. The Morgan fingerprint density at radius 2 is 1.52 bits per heavy atom. The molecule has 0 unspecified atom stereocenters. The lowest BCUT2D eigenvalue weighted by Crippen LogP contribution is -2.45. The zero-order valence-corrected chi connectivity index (χ0v) is 17.8. The van der Waals surface area contributed by atoms with E-state index in [9.17, 15) is 9.59 Å². The van der Waals surface area contributed by atoms with Crippen LogP contribution in [0.25, 0.3) is 0 Å². The second-order valence-electron chi connectivity index (χ2n) is 7.32. The summed E-state index contributed by atoms with van der Waals surface area (Å²) in [4.78, 5) is 25.2. The third-order valence-corrected chi connectivity index (χ3v) is 4.90. The molecule has 6 nitrogen and oxygen atoms in total. The van der Waals surface area contributed by atoms with Crippen LogP contribution < -0.4 is 20.1 Å². The van der Waals surface area contributed by atoms with E-state index < -0.39 is 5.41 Å². The van der Waals surface area contributed by atoms with Crippen LogP contribution >= 0.6 is 0 Å². The van der Waals surface area contributed by atoms with Crippen LogP contribution in [0.1, 0.15) is 31.9 Å². The van der Waals surface area contributed by atoms with E-state index >= 15 is 0 Å². The van der Waals surface area contributed by atoms with Crippen molar-refractivity contribution in [1.29, 1.82) is 0 Å². The molecule has 29 heavy (non-hydrogen) atoms. The summed E-state index contributed by atoms with van der Waals surface area (Å²) in [6, 6.07) is 13.3. The number of nitrogens with one attached hydrogen (secondary N) is 2. The Hall–Kier alpha value is -3.02. The average molecular weight is 399 g/mol. The maximum Gasteiger partial charge on any atom is 0.239 e. The van der Waals surface area contributed by atoms with Crippen molar-refractivity contribution in [2.24, 2.45) is 5.41 Å². The summed E-state index contributed by atoms with van der Waals surface area (Å²) in [6.07, 6.45) is 1.55. The highest BCUT2D eigenvalue weighted by atomic mass is 16.5. The minimum Gasteiger partial charge on any atom is -0.493 e. The van der Waals surface area contributed by atoms with E-state index in [1.165, 1.54) is 5.56 Å². The van der Waals surface area contributed by atoms with Crippen molar-refractivity contribution in [2.75, 3.05) is 26.1 Å². The lowest BCUT2D eigenvalue weighted by atomic mass is 9.90. The number of ether oxygens (including phenoxy) is 2. The Morgan fingerprint density at radius 3 is 2.10 bits per heavy atom. The molecule has 0 saturated carbocycles. The van der Waals surface area contributed by atoms with E-state index in [1.807, 2.05) is 42.5 Å². The predicted molar refractivity (Wildman–Crippen MR) is 114 cm³/mol. The second-order valence-corrected chi connectivity index (χ2v) is 7.32. The van der Waals surface area contributed by atoms with Crippen molar-refractivity contribution in [3.05, 3.63) is 53.6 Å². The lowest BCUT2D eigenvalue weighted by molar-refractivity contribution is -0.138. The third-order valence-electron chi connectivity index (χ3n) is 4.90. The van der Waals surface area contributed by atoms with Gasteiger partial charge in [0, 0.05) is 12.2 Å². The maximum absolute atomic E-state index is 12.6. The Kier molecular flexibility index (Phi) is 7.65. The Balaban J connectivity index is 1.91. The van der Waals surface area contributed by atoms with Crippen LogP contribution in [0.15, 0.2) is 42.5 Å². The predicted octanol–water partition coefficient (Wildman–Crippen LogP) is 3.59. The zero-order chi connectivity index (χ0) is 21.4. The first-order chi connectivity index (χ1) is 13.8. The number of hydrogen-bond donors (Lipinski definition) is 2. The van der Waals surface area contributed by atoms with Crippen molar-refractivity contribution in [1.82, 2.24) is 5.32 Å². The molecule has 0 heterocycles. The van der Waals surface area contributed by atoms with Gasteiger partial charge in [0.05, 0.1) is 14.2 Å². The number of hydrogen-bond acceptors (Lipinski definition) is 4. The lowest BCUT2D eigenvalue weighted by Gasteiger charge is -2.23. The first-order valence-electron chi connectivity index (χ1n) is 9.71. The maximum atomic E-state index is 12.6. The van der Waals surface area contributed by atoms with Gasteiger partial charge in [0.25, 0.3) is 0 Å². The molecular weight excluding hydrogens is 368 g/mol. The largest absolute Gasteiger partial charge is 0.493 e. The van der Waals surface area contributed by atoms with Gasteiger partial charge >= 0.3 is 0 Å². The number of carbonyl (C=O) groups is 2. The Labute approximate surface area is 172 Å². The highest BCUT2D eigenvalue weighted by Crippen LogP contribution is 2.27. The van der Waals surface area contributed by atoms with Gasteiger partial charge in [-0.2, -0.15) is 0 Å². The molecule has 2 aromatic carbocycles. The molecule has 2 amide bonds. The number of methoxy groups -OCH3 is 2. The van der Waals surface area contributed by atoms with Gasteiger partial charge < -0.3 is 20.1 Å². The van der Waals surface area contributed by atoms with E-state index in [0.29, 0.717) is 30.2 Å². The zero-order valence-electron chi connectivity index (χ0n) is 17.8. The third kappa shape index (κ3) is 5.73. The number of carbonyl (C=O) groups excluding carboxylic acids is 2. The molecule has 0 fully saturated rings. The van der Waals surface area contributed by atoms with Gasteiger partial charge in [-0.15, -0.1) is 0 Å². The first-order valence-corrected chi connectivity index (χ1v) is 9.71. The van der Waals surface area contributed by atoms with E-state index in [1.54, 1.807) is 28.1 Å². The van der Waals surface area contributed by atoms with Crippen LogP contribution in [0.2, 0.25) is 0 Å². The summed E-state index contributed by atoms with van der Waals surface area (Å²) in [6.45, 7) is 5.72. The van der Waals surface area contributed by atoms with Gasteiger partial charge in [0.2, 0.25) is 11.8 Å². The molecule has 0 aromatic heterocycles. The number of aryl methyl sites for hydroxylation is 1. The van der Waals surface area contributed by atoms with Gasteiger partial charge in [0.1, 0.15) is 5.41 Å². The van der Waals surface area contributed by atoms with Crippen LogP contribution in [0.5, 0.6) is 11.5 Å². The van der Waals surface area contributed by atoms with Crippen molar-refractivity contribution in [2.45, 2.75) is 33.6 Å². The average Bonchev–Trinajstić information content (AvgIpc) is 2.73. The summed E-state index contributed by atoms with van der Waals surface area (Å²) in [5, 5.41) is 5.67. The fraction of sp³-hybridized carbons (Fsp3) is 0.391. The summed E-state index contributed by atoms with van der Waals surface area (Å²) in [5.74, 6) is 0.640. The fourth-order valence-electron chi connectivity index (χ4n) is 2.79. The fourth-order valence-corrected chi connectivity index (χ4v) is 2.79. The van der Waals surface area contributed by atoms with E-state index in [0.717, 1.165) is 12.0 Å². The molecule has 0 radical (unpaired) electrons. The molecule has 2 N–H and O–H groups in total. The van der Waals surface area contributed by atoms with Crippen LogP contribution in [-0.2, 0) is 22.4 Å². The molecule has 0 aliphatic heterocycles. The quantitative estimate of drug-likeness (QED) is 0.633. The van der Waals surface area contributed by atoms with Gasteiger partial charge in [-0.05, 0) is 62.1 Å². The van der Waals surface area contributed by atoms with Gasteiger partial charge in [-0.1, -0.05) is 25.1 Å². The summed E-state index contributed by atoms with van der Waals surface area (Å²) >= 11 is 0. The molecular formula is C23H30N2O4. The summed E-state index contributed by atoms with van der Waals surface area (Å²) < 4.78 is 10.5. The number of anilines is 1. The normalized spacial score (nSPS) is 10.9. The highest BCUT2D eigenvalue weighted by molar-refractivity contribution is 6.09. The molecule has 156 valence electrons. The standard InChI is InChI=1S/C23H30N2O4/c1-6-16-7-10-18(11-8-16)25-22(27)23(2,3)21(26)24-14-13-17-9-12-19(28-4)20(15-17)29-5/h7-12,15H,6,13-14H2,1-5H3,(H,24,26)(H,25,27). The molecule has 0 saturated heterocycles. The molecule has 0 bridgehead atoms. The molecule has 0 spiro atoms. The van der Waals surface area contributed by atoms with E-state index in [-0.39, 0.29) is 11.8 Å². The van der Waals surface area contributed by atoms with Gasteiger partial charge in [-0.25, -0.2) is 0 Å². The van der Waals surface area contributed by atoms with Crippen molar-refractivity contribution < 1.29 is 19.1 Å². The van der Waals surface area contributed by atoms with E-state index in [4.69, 9.17) is 9.47 Å².